The first-order valence-electron chi connectivity index (χ1n) is 8.78. The quantitative estimate of drug-likeness (QED) is 0.442. The number of rotatable bonds is 4. The Morgan fingerprint density at radius 3 is 2.76 bits per heavy atom. The zero-order valence-corrected chi connectivity index (χ0v) is 17.5. The summed E-state index contributed by atoms with van der Waals surface area (Å²) < 4.78 is 5.75. The molecule has 3 heterocycles. The molecule has 1 aliphatic carbocycles. The third kappa shape index (κ3) is 4.23. The fourth-order valence-electron chi connectivity index (χ4n) is 3.59. The molecule has 1 amide bonds. The van der Waals surface area contributed by atoms with Crippen molar-refractivity contribution in [3.8, 4) is 0 Å². The summed E-state index contributed by atoms with van der Waals surface area (Å²) in [6.45, 7) is 4.22. The second kappa shape index (κ2) is 8.41. The normalized spacial score (nSPS) is 29.1. The van der Waals surface area contributed by atoms with E-state index in [-0.39, 0.29) is 35.4 Å². The largest absolute Gasteiger partial charge is 1.00 e. The van der Waals surface area contributed by atoms with Gasteiger partial charge in [-0.15, -0.1) is 0 Å². The molecule has 6 nitrogen and oxygen atoms in total. The topological polar surface area (TPSA) is 49.6 Å². The molecule has 0 bridgehead atoms. The van der Waals surface area contributed by atoms with Crippen molar-refractivity contribution in [3.63, 3.8) is 0 Å². The van der Waals surface area contributed by atoms with Crippen molar-refractivity contribution in [1.82, 2.24) is 9.80 Å². The Labute approximate surface area is 170 Å². The predicted octanol–water partition coefficient (Wildman–Crippen LogP) is -2.94. The van der Waals surface area contributed by atoms with Gasteiger partial charge >= 0.3 is 0 Å². The molecule has 2 unspecified atom stereocenters. The number of fused-ring (bicyclic) bond motifs is 1. The zero-order valence-electron chi connectivity index (χ0n) is 14.5. The van der Waals surface area contributed by atoms with Gasteiger partial charge in [-0.2, -0.15) is 0 Å². The van der Waals surface area contributed by atoms with Gasteiger partial charge in [0.2, 0.25) is 11.3 Å². The Morgan fingerprint density at radius 2 is 2.12 bits per heavy atom. The minimum atomic E-state index is -0.148. The first kappa shape index (κ1) is 19.2. The zero-order chi connectivity index (χ0) is 16.5. The van der Waals surface area contributed by atoms with E-state index < -0.39 is 0 Å². The molecule has 25 heavy (non-hydrogen) atoms. The van der Waals surface area contributed by atoms with Crippen LogP contribution in [0.3, 0.4) is 0 Å². The van der Waals surface area contributed by atoms with Crippen molar-refractivity contribution in [2.24, 2.45) is 4.99 Å². The molecule has 1 N–H and O–H groups in total. The van der Waals surface area contributed by atoms with Crippen LogP contribution in [-0.4, -0.2) is 72.0 Å². The van der Waals surface area contributed by atoms with Gasteiger partial charge in [0.1, 0.15) is 18.1 Å². The van der Waals surface area contributed by atoms with Gasteiger partial charge in [0, 0.05) is 38.3 Å². The van der Waals surface area contributed by atoms with Gasteiger partial charge in [-0.05, 0) is 19.1 Å². The van der Waals surface area contributed by atoms with Crippen LogP contribution in [-0.2, 0) is 9.53 Å². The third-order valence-corrected chi connectivity index (χ3v) is 5.92. The molecule has 0 aromatic rings. The molecule has 138 valence electrons. The summed E-state index contributed by atoms with van der Waals surface area (Å²) in [5.74, 6) is 1.02. The Morgan fingerprint density at radius 1 is 1.36 bits per heavy atom. The number of piperazine rings is 1. The van der Waals surface area contributed by atoms with Crippen LogP contribution in [0, 0.1) is 0 Å². The summed E-state index contributed by atoms with van der Waals surface area (Å²) in [5, 5.41) is 0. The van der Waals surface area contributed by atoms with E-state index >= 15 is 0 Å². The van der Waals surface area contributed by atoms with Crippen LogP contribution in [0.5, 0.6) is 0 Å². The van der Waals surface area contributed by atoms with Gasteiger partial charge in [-0.1, -0.05) is 18.2 Å². The molecule has 4 rings (SSSR count). The standard InChI is InChI=1S/C17H24N4O2S.HI/c1-24-17-18-14-5-6-19(11-15(14)23-17)12-16(22)21-9-7-20(8-10-21)13-3-2-4-13;/h5-6,11,13,17H,2-4,7-10,12H2,1H3;1H. The Hall–Kier alpha value is -0.580. The number of nitrogens with one attached hydrogen (secondary N) is 1. The van der Waals surface area contributed by atoms with Crippen LogP contribution >= 0.6 is 11.8 Å². The highest BCUT2D eigenvalue weighted by Crippen LogP contribution is 2.25. The van der Waals surface area contributed by atoms with Gasteiger partial charge in [0.15, 0.2) is 6.54 Å². The van der Waals surface area contributed by atoms with E-state index in [0.717, 1.165) is 48.6 Å². The average Bonchev–Trinajstić information content (AvgIpc) is 2.96. The fraction of sp³-hybridized carbons (Fsp3) is 0.647. The molecule has 1 saturated carbocycles. The molecule has 0 radical (unpaired) electrons. The summed E-state index contributed by atoms with van der Waals surface area (Å²) in [5.41, 5.74) is 0.741. The van der Waals surface area contributed by atoms with Gasteiger partial charge in [0.05, 0.1) is 0 Å². The molecular formula is C17H25IN4O2S. The van der Waals surface area contributed by atoms with Crippen LogP contribution in [0.4, 0.5) is 0 Å². The lowest BCUT2D eigenvalue weighted by Crippen LogP contribution is -3.05. The number of ether oxygens (including phenoxy) is 1. The number of amides is 1. The van der Waals surface area contributed by atoms with E-state index in [0.29, 0.717) is 6.54 Å². The lowest BCUT2D eigenvalue weighted by Gasteiger charge is -2.42. The minimum Gasteiger partial charge on any atom is -1.00 e. The first-order chi connectivity index (χ1) is 11.7. The maximum atomic E-state index is 12.6. The molecule has 0 aromatic carbocycles. The van der Waals surface area contributed by atoms with E-state index in [4.69, 9.17) is 4.74 Å². The minimum absolute atomic E-state index is 0. The van der Waals surface area contributed by atoms with Crippen molar-refractivity contribution in [2.75, 3.05) is 39.0 Å². The molecule has 0 aromatic heterocycles. The Kier molecular flexibility index (Phi) is 6.45. The molecule has 0 spiro atoms. The van der Waals surface area contributed by atoms with Crippen LogP contribution in [0.1, 0.15) is 19.3 Å². The van der Waals surface area contributed by atoms with Gasteiger partial charge < -0.3 is 33.6 Å². The predicted molar refractivity (Wildman–Crippen MR) is 94.7 cm³/mol. The summed E-state index contributed by atoms with van der Waals surface area (Å²) in [6, 6.07) is 0.782. The maximum Gasteiger partial charge on any atom is 0.278 e. The van der Waals surface area contributed by atoms with Gasteiger partial charge in [-0.25, -0.2) is 4.99 Å². The number of halogens is 1. The summed E-state index contributed by atoms with van der Waals surface area (Å²) in [4.78, 5) is 22.6. The number of thioether (sulfide) groups is 1. The van der Waals surface area contributed by atoms with Crippen LogP contribution in [0.15, 0.2) is 29.2 Å². The van der Waals surface area contributed by atoms with Crippen LogP contribution in [0.25, 0.3) is 0 Å². The highest BCUT2D eigenvalue weighted by molar-refractivity contribution is 7.99. The van der Waals surface area contributed by atoms with E-state index in [1.165, 1.54) is 19.3 Å². The summed E-state index contributed by atoms with van der Waals surface area (Å²) >= 11 is 1.57. The number of quaternary nitrogens is 1. The number of aliphatic imine (C=N–C) groups is 1. The molecule has 4 aliphatic rings. The van der Waals surface area contributed by atoms with Crippen molar-refractivity contribution in [3.05, 3.63) is 24.2 Å². The van der Waals surface area contributed by atoms with Gasteiger partial charge in [0.25, 0.3) is 5.91 Å². The molecule has 3 aliphatic heterocycles. The molecule has 2 fully saturated rings. The first-order valence-corrected chi connectivity index (χ1v) is 10.1. The van der Waals surface area contributed by atoms with E-state index in [1.807, 2.05) is 29.6 Å². The number of hydrogen-bond donors (Lipinski definition) is 1. The maximum absolute atomic E-state index is 12.6. The van der Waals surface area contributed by atoms with E-state index in [9.17, 15) is 4.79 Å². The highest BCUT2D eigenvalue weighted by atomic mass is 127. The van der Waals surface area contributed by atoms with Crippen LogP contribution < -0.4 is 28.9 Å². The SMILES string of the molecule is CSC1N=C2C=C[NH+](CC(=O)N3CCN(C4CCC4)CC3)C=C2O1.[I-]. The second-order valence-corrected chi connectivity index (χ2v) is 7.64. The lowest BCUT2D eigenvalue weighted by molar-refractivity contribution is -0.782. The van der Waals surface area contributed by atoms with Crippen molar-refractivity contribution < 1.29 is 38.4 Å². The summed E-state index contributed by atoms with van der Waals surface area (Å²) in [7, 11) is 0. The van der Waals surface area contributed by atoms with Crippen molar-refractivity contribution in [1.29, 1.82) is 0 Å². The van der Waals surface area contributed by atoms with E-state index in [1.54, 1.807) is 11.8 Å². The number of allylic oxidation sites excluding steroid dienone is 1. The highest BCUT2D eigenvalue weighted by Gasteiger charge is 2.31. The van der Waals surface area contributed by atoms with Gasteiger partial charge in [-0.3, -0.25) is 14.6 Å². The summed E-state index contributed by atoms with van der Waals surface area (Å²) in [6.07, 6.45) is 12.0. The molecular weight excluding hydrogens is 451 g/mol. The smallest absolute Gasteiger partial charge is 0.278 e. The number of hydrogen-bond acceptors (Lipinski definition) is 5. The lowest BCUT2D eigenvalue weighted by atomic mass is 9.91. The average molecular weight is 476 g/mol. The van der Waals surface area contributed by atoms with Crippen LogP contribution in [0.2, 0.25) is 0 Å². The van der Waals surface area contributed by atoms with Crippen molar-refractivity contribution in [2.45, 2.75) is 30.9 Å². The molecule has 2 atom stereocenters. The monoisotopic (exact) mass is 476 g/mol. The van der Waals surface area contributed by atoms with E-state index in [2.05, 4.69) is 9.89 Å². The molecule has 8 heteroatoms. The Bertz CT molecular complexity index is 597. The Balaban J connectivity index is 0.00000182. The fourth-order valence-corrected chi connectivity index (χ4v) is 4.01. The number of nitrogens with zero attached hydrogens (tertiary/aromatic N) is 3. The second-order valence-electron chi connectivity index (χ2n) is 6.77. The van der Waals surface area contributed by atoms with Crippen molar-refractivity contribution >= 4 is 23.4 Å². The number of carbonyl (C=O) groups excluding carboxylic acids is 1. The molecule has 1 saturated heterocycles. The third-order valence-electron chi connectivity index (χ3n) is 5.31. The number of carbonyl (C=O) groups is 1.